The summed E-state index contributed by atoms with van der Waals surface area (Å²) in [5.74, 6) is 0. The quantitative estimate of drug-likeness (QED) is 0.335. The van der Waals surface area contributed by atoms with Crippen molar-refractivity contribution in [2.45, 2.75) is 6.42 Å². The summed E-state index contributed by atoms with van der Waals surface area (Å²) in [5, 5.41) is 5.38. The molecular formula is C23H16S. The highest BCUT2D eigenvalue weighted by Gasteiger charge is 2.09. The standard InChI is InChI=1S/C23H16S/c1-2-7-18-14-16(12-13-17(18)6-1)15-19-8-5-10-21-20-9-3-4-11-22(20)24-23(19)21/h1-14H,15H2. The zero-order valence-electron chi connectivity index (χ0n) is 13.2. The predicted octanol–water partition coefficient (Wildman–Crippen LogP) is 6.80. The fourth-order valence-electron chi connectivity index (χ4n) is 3.51. The molecule has 0 aliphatic carbocycles. The summed E-state index contributed by atoms with van der Waals surface area (Å²) >= 11 is 1.91. The number of fused-ring (bicyclic) bond motifs is 4. The van der Waals surface area contributed by atoms with E-state index in [1.807, 2.05) is 11.3 Å². The van der Waals surface area contributed by atoms with Crippen LogP contribution in [0, 0.1) is 0 Å². The van der Waals surface area contributed by atoms with Gasteiger partial charge in [0.05, 0.1) is 0 Å². The Labute approximate surface area is 145 Å². The van der Waals surface area contributed by atoms with Gasteiger partial charge in [-0.15, -0.1) is 11.3 Å². The lowest BCUT2D eigenvalue weighted by atomic mass is 10.00. The van der Waals surface area contributed by atoms with Crippen molar-refractivity contribution in [3.05, 3.63) is 96.1 Å². The molecule has 0 saturated heterocycles. The second kappa shape index (κ2) is 5.47. The smallest absolute Gasteiger partial charge is 0.0390 e. The van der Waals surface area contributed by atoms with E-state index < -0.39 is 0 Å². The van der Waals surface area contributed by atoms with Crippen LogP contribution >= 0.6 is 11.3 Å². The number of benzene rings is 4. The van der Waals surface area contributed by atoms with E-state index in [4.69, 9.17) is 0 Å². The first-order valence-electron chi connectivity index (χ1n) is 8.25. The molecule has 0 amide bonds. The first-order chi connectivity index (χ1) is 11.9. The molecule has 4 aromatic carbocycles. The van der Waals surface area contributed by atoms with Gasteiger partial charge in [-0.25, -0.2) is 0 Å². The number of rotatable bonds is 2. The van der Waals surface area contributed by atoms with Crippen LogP contribution in [0.25, 0.3) is 30.9 Å². The number of thiophene rings is 1. The Morgan fingerprint density at radius 1 is 0.625 bits per heavy atom. The molecule has 5 aromatic rings. The Morgan fingerprint density at radius 2 is 1.42 bits per heavy atom. The van der Waals surface area contributed by atoms with E-state index in [-0.39, 0.29) is 0 Å². The maximum atomic E-state index is 2.32. The van der Waals surface area contributed by atoms with Crippen LogP contribution in [-0.2, 0) is 6.42 Å². The maximum absolute atomic E-state index is 2.32. The molecule has 0 atom stereocenters. The zero-order chi connectivity index (χ0) is 15.9. The highest BCUT2D eigenvalue weighted by atomic mass is 32.1. The van der Waals surface area contributed by atoms with Gasteiger partial charge in [0, 0.05) is 20.2 Å². The lowest BCUT2D eigenvalue weighted by molar-refractivity contribution is 1.23. The Hall–Kier alpha value is -2.64. The third kappa shape index (κ3) is 2.21. The molecule has 0 saturated carbocycles. The van der Waals surface area contributed by atoms with Gasteiger partial charge in [0.1, 0.15) is 0 Å². The molecule has 0 bridgehead atoms. The highest BCUT2D eigenvalue weighted by Crippen LogP contribution is 2.36. The molecule has 0 N–H and O–H groups in total. The van der Waals surface area contributed by atoms with Crippen LogP contribution in [0.1, 0.15) is 11.1 Å². The molecule has 0 aliphatic rings. The van der Waals surface area contributed by atoms with Crippen molar-refractivity contribution in [1.29, 1.82) is 0 Å². The van der Waals surface area contributed by atoms with Crippen LogP contribution in [0.5, 0.6) is 0 Å². The molecule has 1 heterocycles. The molecule has 24 heavy (non-hydrogen) atoms. The van der Waals surface area contributed by atoms with Crippen molar-refractivity contribution in [3.63, 3.8) is 0 Å². The molecule has 5 rings (SSSR count). The van der Waals surface area contributed by atoms with E-state index in [0.717, 1.165) is 6.42 Å². The van der Waals surface area contributed by atoms with Gasteiger partial charge < -0.3 is 0 Å². The second-order valence-electron chi connectivity index (χ2n) is 6.25. The van der Waals surface area contributed by atoms with Crippen molar-refractivity contribution in [1.82, 2.24) is 0 Å². The third-order valence-electron chi connectivity index (χ3n) is 4.69. The third-order valence-corrected chi connectivity index (χ3v) is 5.96. The van der Waals surface area contributed by atoms with E-state index in [1.54, 1.807) is 0 Å². The lowest BCUT2D eigenvalue weighted by Gasteiger charge is -2.06. The molecule has 0 unspecified atom stereocenters. The van der Waals surface area contributed by atoms with Crippen LogP contribution in [0.4, 0.5) is 0 Å². The summed E-state index contributed by atoms with van der Waals surface area (Å²) < 4.78 is 2.80. The van der Waals surface area contributed by atoms with Crippen LogP contribution in [0.3, 0.4) is 0 Å². The molecule has 0 nitrogen and oxygen atoms in total. The monoisotopic (exact) mass is 324 g/mol. The first-order valence-corrected chi connectivity index (χ1v) is 9.07. The second-order valence-corrected chi connectivity index (χ2v) is 7.30. The van der Waals surface area contributed by atoms with Crippen LogP contribution in [0.2, 0.25) is 0 Å². The molecule has 0 fully saturated rings. The Bertz CT molecular complexity index is 1180. The minimum Gasteiger partial charge on any atom is -0.135 e. The average molecular weight is 324 g/mol. The highest BCUT2D eigenvalue weighted by molar-refractivity contribution is 7.26. The van der Waals surface area contributed by atoms with Crippen molar-refractivity contribution in [3.8, 4) is 0 Å². The predicted molar refractivity (Wildman–Crippen MR) is 106 cm³/mol. The summed E-state index contributed by atoms with van der Waals surface area (Å²) in [7, 11) is 0. The van der Waals surface area contributed by atoms with Crippen molar-refractivity contribution in [2.24, 2.45) is 0 Å². The summed E-state index contributed by atoms with van der Waals surface area (Å²) in [6.07, 6.45) is 0.981. The van der Waals surface area contributed by atoms with Crippen LogP contribution in [-0.4, -0.2) is 0 Å². The fourth-order valence-corrected chi connectivity index (χ4v) is 4.73. The summed E-state index contributed by atoms with van der Waals surface area (Å²) in [4.78, 5) is 0. The van der Waals surface area contributed by atoms with E-state index in [9.17, 15) is 0 Å². The topological polar surface area (TPSA) is 0 Å². The molecule has 0 aliphatic heterocycles. The van der Waals surface area contributed by atoms with E-state index >= 15 is 0 Å². The van der Waals surface area contributed by atoms with Gasteiger partial charge in [0.2, 0.25) is 0 Å². The Kier molecular flexibility index (Phi) is 3.14. The van der Waals surface area contributed by atoms with Gasteiger partial charge >= 0.3 is 0 Å². The molecule has 114 valence electrons. The minimum atomic E-state index is 0.981. The molecule has 1 aromatic heterocycles. The maximum Gasteiger partial charge on any atom is 0.0390 e. The first kappa shape index (κ1) is 13.8. The summed E-state index contributed by atoms with van der Waals surface area (Å²) in [6, 6.07) is 30.8. The van der Waals surface area contributed by atoms with Gasteiger partial charge in [0.15, 0.2) is 0 Å². The van der Waals surface area contributed by atoms with Gasteiger partial charge in [0.25, 0.3) is 0 Å². The van der Waals surface area contributed by atoms with Crippen molar-refractivity contribution < 1.29 is 0 Å². The van der Waals surface area contributed by atoms with Gasteiger partial charge in [-0.3, -0.25) is 0 Å². The Balaban J connectivity index is 1.65. The number of hydrogen-bond donors (Lipinski definition) is 0. The minimum absolute atomic E-state index is 0.981. The fraction of sp³-hybridized carbons (Fsp3) is 0.0435. The summed E-state index contributed by atoms with van der Waals surface area (Å²) in [6.45, 7) is 0. The lowest BCUT2D eigenvalue weighted by Crippen LogP contribution is -1.88. The van der Waals surface area contributed by atoms with Gasteiger partial charge in [-0.1, -0.05) is 78.9 Å². The van der Waals surface area contributed by atoms with Gasteiger partial charge in [-0.05, 0) is 34.4 Å². The van der Waals surface area contributed by atoms with Crippen LogP contribution in [0.15, 0.2) is 84.9 Å². The molecular weight excluding hydrogens is 308 g/mol. The number of hydrogen-bond acceptors (Lipinski definition) is 1. The summed E-state index contributed by atoms with van der Waals surface area (Å²) in [5.41, 5.74) is 2.79. The molecule has 1 heteroatoms. The normalized spacial score (nSPS) is 11.5. The van der Waals surface area contributed by atoms with E-state index in [2.05, 4.69) is 84.9 Å². The van der Waals surface area contributed by atoms with Crippen molar-refractivity contribution in [2.75, 3.05) is 0 Å². The van der Waals surface area contributed by atoms with Crippen LogP contribution < -0.4 is 0 Å². The average Bonchev–Trinajstić information content (AvgIpc) is 3.02. The Morgan fingerprint density at radius 3 is 2.38 bits per heavy atom. The molecule has 0 spiro atoms. The van der Waals surface area contributed by atoms with Gasteiger partial charge in [-0.2, -0.15) is 0 Å². The van der Waals surface area contributed by atoms with Crippen molar-refractivity contribution >= 4 is 42.3 Å². The zero-order valence-corrected chi connectivity index (χ0v) is 14.0. The molecule has 0 radical (unpaired) electrons. The van der Waals surface area contributed by atoms with E-state index in [1.165, 1.54) is 42.1 Å². The largest absolute Gasteiger partial charge is 0.135 e. The van der Waals surface area contributed by atoms with E-state index in [0.29, 0.717) is 0 Å². The SMILES string of the molecule is c1ccc2cc(Cc3cccc4c3sc3ccccc34)ccc2c1.